The summed E-state index contributed by atoms with van der Waals surface area (Å²) in [5, 5.41) is 11.6. The maximum Gasteiger partial charge on any atom is 0.319 e. The van der Waals surface area contributed by atoms with Gasteiger partial charge in [-0.2, -0.15) is 9.97 Å². The van der Waals surface area contributed by atoms with E-state index in [1.807, 2.05) is 4.90 Å². The molecule has 4 aliphatic rings. The number of hydrogen-bond donors (Lipinski definition) is 1. The molecule has 2 saturated carbocycles. The van der Waals surface area contributed by atoms with Crippen LogP contribution in [0.1, 0.15) is 56.9 Å². The van der Waals surface area contributed by atoms with Crippen LogP contribution in [0.5, 0.6) is 17.6 Å². The predicted molar refractivity (Wildman–Crippen MR) is 179 cm³/mol. The maximum atomic E-state index is 17.1. The van der Waals surface area contributed by atoms with E-state index in [1.54, 1.807) is 0 Å². The summed E-state index contributed by atoms with van der Waals surface area (Å²) < 4.78 is 50.1. The van der Waals surface area contributed by atoms with Crippen LogP contribution in [0.25, 0.3) is 32.9 Å². The van der Waals surface area contributed by atoms with Gasteiger partial charge in [-0.25, -0.2) is 13.8 Å². The van der Waals surface area contributed by atoms with Crippen LogP contribution in [0.2, 0.25) is 0 Å². The Bertz CT molecular complexity index is 1940. The van der Waals surface area contributed by atoms with E-state index in [2.05, 4.69) is 15.8 Å². The van der Waals surface area contributed by atoms with Gasteiger partial charge in [-0.05, 0) is 75.1 Å². The summed E-state index contributed by atoms with van der Waals surface area (Å²) in [6.45, 7) is 3.84. The lowest BCUT2D eigenvalue weighted by atomic mass is 9.75. The first-order chi connectivity index (χ1) is 23.4. The first-order valence-corrected chi connectivity index (χ1v) is 17.0. The Labute approximate surface area is 278 Å². The zero-order chi connectivity index (χ0) is 33.0. The van der Waals surface area contributed by atoms with Gasteiger partial charge in [-0.15, -0.1) is 6.42 Å². The number of pyridine rings is 1. The number of fused-ring (bicyclic) bond motifs is 3. The fraction of sp³-hybridized carbons (Fsp3) is 0.486. The third-order valence-electron chi connectivity index (χ3n) is 10.7. The van der Waals surface area contributed by atoms with Crippen LogP contribution in [0.15, 0.2) is 24.3 Å². The van der Waals surface area contributed by atoms with E-state index < -0.39 is 11.6 Å². The molecule has 0 amide bonds. The lowest BCUT2D eigenvalue weighted by molar-refractivity contribution is -0.00466. The number of aromatic hydroxyl groups is 1. The lowest BCUT2D eigenvalue weighted by Gasteiger charge is -2.46. The number of phenolic OH excluding ortho intramolecular Hbond substituents is 1. The van der Waals surface area contributed by atoms with Crippen molar-refractivity contribution in [1.29, 1.82) is 0 Å². The molecule has 4 heterocycles. The quantitative estimate of drug-likeness (QED) is 0.233. The smallest absolute Gasteiger partial charge is 0.319 e. The van der Waals surface area contributed by atoms with Crippen molar-refractivity contribution in [3.05, 3.63) is 41.5 Å². The highest BCUT2D eigenvalue weighted by Gasteiger charge is 2.51. The SMILES string of the molecule is C#Cc1c(F)ccc2cc(O)cc(-c3nc(OC)c4c(N5CCCOCC5)nc(OCC56CCCC5N(C5CC5)CCC6)nc4c3F)c12. The molecule has 0 radical (unpaired) electrons. The van der Waals surface area contributed by atoms with Crippen LogP contribution < -0.4 is 14.4 Å². The summed E-state index contributed by atoms with van der Waals surface area (Å²) in [5.74, 6) is 1.37. The third kappa shape index (κ3) is 5.26. The van der Waals surface area contributed by atoms with Gasteiger partial charge >= 0.3 is 6.01 Å². The molecule has 2 atom stereocenters. The number of hydrogen-bond acceptors (Lipinski definition) is 9. The first-order valence-electron chi connectivity index (χ1n) is 17.0. The van der Waals surface area contributed by atoms with Crippen molar-refractivity contribution in [3.63, 3.8) is 0 Å². The van der Waals surface area contributed by atoms with Crippen molar-refractivity contribution in [3.8, 4) is 41.2 Å². The fourth-order valence-corrected chi connectivity index (χ4v) is 8.42. The van der Waals surface area contributed by atoms with Gasteiger partial charge in [0.15, 0.2) is 5.82 Å². The number of anilines is 1. The number of nitrogens with zero attached hydrogens (tertiary/aromatic N) is 5. The molecule has 4 fully saturated rings. The van der Waals surface area contributed by atoms with Crippen molar-refractivity contribution in [2.24, 2.45) is 5.41 Å². The molecule has 4 aromatic rings. The number of terminal acetylenes is 1. The van der Waals surface area contributed by atoms with Crippen LogP contribution >= 0.6 is 0 Å². The normalized spacial score (nSPS) is 23.2. The van der Waals surface area contributed by atoms with Crippen molar-refractivity contribution in [2.45, 2.75) is 63.5 Å². The summed E-state index contributed by atoms with van der Waals surface area (Å²) in [4.78, 5) is 18.9. The minimum Gasteiger partial charge on any atom is -0.508 e. The fourth-order valence-electron chi connectivity index (χ4n) is 8.42. The van der Waals surface area contributed by atoms with Gasteiger partial charge in [-0.3, -0.25) is 4.90 Å². The highest BCUT2D eigenvalue weighted by molar-refractivity contribution is 6.04. The Kier molecular flexibility index (Phi) is 7.96. The zero-order valence-electron chi connectivity index (χ0n) is 27.1. The van der Waals surface area contributed by atoms with Crippen LogP contribution in [-0.2, 0) is 4.74 Å². The van der Waals surface area contributed by atoms with Crippen LogP contribution in [0.4, 0.5) is 14.6 Å². The summed E-state index contributed by atoms with van der Waals surface area (Å²) in [7, 11) is 1.45. The van der Waals surface area contributed by atoms with E-state index in [0.717, 1.165) is 45.1 Å². The molecule has 48 heavy (non-hydrogen) atoms. The van der Waals surface area contributed by atoms with Crippen molar-refractivity contribution in [1.82, 2.24) is 19.9 Å². The lowest BCUT2D eigenvalue weighted by Crippen LogP contribution is -2.52. The predicted octanol–water partition coefficient (Wildman–Crippen LogP) is 6.22. The Morgan fingerprint density at radius 2 is 1.88 bits per heavy atom. The van der Waals surface area contributed by atoms with E-state index in [9.17, 15) is 9.50 Å². The number of piperidine rings is 1. The Morgan fingerprint density at radius 3 is 2.69 bits per heavy atom. The van der Waals surface area contributed by atoms with Gasteiger partial charge in [0.1, 0.15) is 34.0 Å². The minimum absolute atomic E-state index is 0.00554. The molecule has 11 heteroatoms. The molecule has 0 bridgehead atoms. The minimum atomic E-state index is -0.779. The largest absolute Gasteiger partial charge is 0.508 e. The van der Waals surface area contributed by atoms with Crippen LogP contribution in [-0.4, -0.2) is 83.6 Å². The van der Waals surface area contributed by atoms with Gasteiger partial charge in [0.05, 0.1) is 25.9 Å². The number of rotatable bonds is 7. The highest BCUT2D eigenvalue weighted by Crippen LogP contribution is 2.51. The van der Waals surface area contributed by atoms with Gasteiger partial charge in [0.2, 0.25) is 5.88 Å². The summed E-state index contributed by atoms with van der Waals surface area (Å²) in [6.07, 6.45) is 14.7. The Morgan fingerprint density at radius 1 is 1.02 bits per heavy atom. The number of halogens is 2. The van der Waals surface area contributed by atoms with Gasteiger partial charge in [0, 0.05) is 48.1 Å². The third-order valence-corrected chi connectivity index (χ3v) is 10.7. The first kappa shape index (κ1) is 31.0. The molecule has 2 aliphatic heterocycles. The van der Waals surface area contributed by atoms with Gasteiger partial charge in [0.25, 0.3) is 0 Å². The second-order valence-corrected chi connectivity index (χ2v) is 13.6. The van der Waals surface area contributed by atoms with Crippen molar-refractivity contribution in [2.75, 3.05) is 51.5 Å². The highest BCUT2D eigenvalue weighted by atomic mass is 19.1. The molecular weight excluding hydrogens is 616 g/mol. The molecule has 2 aromatic heterocycles. The monoisotopic (exact) mass is 655 g/mol. The van der Waals surface area contributed by atoms with Gasteiger partial charge in [-0.1, -0.05) is 18.4 Å². The number of benzene rings is 2. The second kappa shape index (κ2) is 12.3. The van der Waals surface area contributed by atoms with Crippen LogP contribution in [0, 0.1) is 29.4 Å². The van der Waals surface area contributed by atoms with Crippen LogP contribution in [0.3, 0.4) is 0 Å². The van der Waals surface area contributed by atoms with Crippen molar-refractivity contribution >= 4 is 27.5 Å². The summed E-state index contributed by atoms with van der Waals surface area (Å²) >= 11 is 0. The van der Waals surface area contributed by atoms with E-state index in [-0.39, 0.29) is 50.8 Å². The molecule has 2 unspecified atom stereocenters. The number of aromatic nitrogens is 3. The molecule has 0 spiro atoms. The molecule has 2 aromatic carbocycles. The summed E-state index contributed by atoms with van der Waals surface area (Å²) in [5.41, 5.74) is -0.153. The molecule has 2 aliphatic carbocycles. The molecule has 250 valence electrons. The standard InChI is InChI=1S/C37H39F2N5O4/c1-3-25-27(38)11-8-22-19-24(45)20-26(29(22)25)32-31(39)33-30(35(40-32)46-2)34(43-14-6-17-47-18-16-43)42-36(41-33)48-21-37-12-4-7-28(37)44(15-5-13-37)23-9-10-23/h1,8,11,19-20,23,28,45H,4-7,9-10,12-18,21H2,2H3. The number of ether oxygens (including phenoxy) is 3. The second-order valence-electron chi connectivity index (χ2n) is 13.6. The Balaban J connectivity index is 1.29. The molecule has 1 N–H and O–H groups in total. The summed E-state index contributed by atoms with van der Waals surface area (Å²) in [6, 6.07) is 6.74. The number of phenols is 1. The molecular formula is C37H39F2N5O4. The number of likely N-dealkylation sites (tertiary alicyclic amines) is 1. The average Bonchev–Trinajstić information content (AvgIpc) is 3.90. The van der Waals surface area contributed by atoms with Gasteiger partial charge < -0.3 is 24.2 Å². The Hall–Kier alpha value is -4.27. The molecule has 2 saturated heterocycles. The number of methoxy groups -OCH3 is 1. The van der Waals surface area contributed by atoms with E-state index in [4.69, 9.17) is 30.6 Å². The van der Waals surface area contributed by atoms with E-state index in [0.29, 0.717) is 61.6 Å². The van der Waals surface area contributed by atoms with E-state index >= 15 is 4.39 Å². The average molecular weight is 656 g/mol. The van der Waals surface area contributed by atoms with Crippen molar-refractivity contribution < 1.29 is 28.1 Å². The zero-order valence-corrected chi connectivity index (χ0v) is 27.1. The molecule has 8 rings (SSSR count). The van der Waals surface area contributed by atoms with E-state index in [1.165, 1.54) is 44.2 Å². The molecule has 9 nitrogen and oxygen atoms in total. The topological polar surface area (TPSA) is 93.1 Å². The maximum absolute atomic E-state index is 17.1.